The summed E-state index contributed by atoms with van der Waals surface area (Å²) >= 11 is 6.10. The van der Waals surface area contributed by atoms with Crippen LogP contribution in [0.15, 0.2) is 53.8 Å². The van der Waals surface area contributed by atoms with E-state index in [0.29, 0.717) is 10.8 Å². The summed E-state index contributed by atoms with van der Waals surface area (Å²) in [5.41, 5.74) is 1.29. The molecule has 0 spiro atoms. The second-order valence-corrected chi connectivity index (χ2v) is 10.3. The van der Waals surface area contributed by atoms with Crippen LogP contribution in [0, 0.1) is 0 Å². The first-order chi connectivity index (χ1) is 13.5. The second-order valence-electron chi connectivity index (χ2n) is 8.21. The Morgan fingerprint density at radius 3 is 2.34 bits per heavy atom. The van der Waals surface area contributed by atoms with Crippen LogP contribution >= 0.6 is 11.6 Å². The number of nitrogens with zero attached hydrogens (tertiary/aromatic N) is 3. The number of hydrogen-bond donors (Lipinski definition) is 1. The Labute approximate surface area is 177 Å². The highest BCUT2D eigenvalue weighted by atomic mass is 35.5. The molecule has 0 bridgehead atoms. The summed E-state index contributed by atoms with van der Waals surface area (Å²) in [5, 5.41) is 0.334. The molecule has 2 heterocycles. The molecular formula is C21H25ClN4O2S. The molecule has 3 rings (SSSR count). The van der Waals surface area contributed by atoms with Crippen molar-refractivity contribution in [3.8, 4) is 5.82 Å². The Balaban J connectivity index is 2.01. The van der Waals surface area contributed by atoms with Gasteiger partial charge in [-0.15, -0.1) is 0 Å². The van der Waals surface area contributed by atoms with Crippen LogP contribution in [-0.2, 0) is 15.4 Å². The van der Waals surface area contributed by atoms with Crippen LogP contribution in [-0.4, -0.2) is 23.0 Å². The van der Waals surface area contributed by atoms with Crippen LogP contribution in [0.2, 0.25) is 5.02 Å². The number of hydrogen-bond acceptors (Lipinski definition) is 4. The third-order valence-electron chi connectivity index (χ3n) is 4.52. The number of anilines is 1. The van der Waals surface area contributed by atoms with Gasteiger partial charge in [-0.05, 0) is 29.2 Å². The highest BCUT2D eigenvalue weighted by molar-refractivity contribution is 7.92. The van der Waals surface area contributed by atoms with Crippen molar-refractivity contribution in [3.05, 3.63) is 65.3 Å². The molecule has 0 radical (unpaired) electrons. The molecule has 0 aliphatic heterocycles. The number of nitrogens with one attached hydrogen (secondary N) is 1. The van der Waals surface area contributed by atoms with Gasteiger partial charge in [0, 0.05) is 24.5 Å². The van der Waals surface area contributed by atoms with Gasteiger partial charge < -0.3 is 0 Å². The first-order valence-electron chi connectivity index (χ1n) is 9.31. The number of pyridine rings is 1. The van der Waals surface area contributed by atoms with Crippen LogP contribution in [0.5, 0.6) is 0 Å². The lowest BCUT2D eigenvalue weighted by molar-refractivity contribution is 0.587. The summed E-state index contributed by atoms with van der Waals surface area (Å²) in [4.78, 5) is 8.88. The summed E-state index contributed by atoms with van der Waals surface area (Å²) in [5.74, 6) is 1.33. The minimum atomic E-state index is -3.82. The van der Waals surface area contributed by atoms with Gasteiger partial charge in [0.1, 0.15) is 5.82 Å². The van der Waals surface area contributed by atoms with Crippen LogP contribution in [0.4, 0.5) is 5.69 Å². The molecule has 0 fully saturated rings. The van der Waals surface area contributed by atoms with Crippen molar-refractivity contribution in [1.29, 1.82) is 0 Å². The molecule has 1 aromatic carbocycles. The molecule has 154 valence electrons. The second kappa shape index (κ2) is 7.80. The van der Waals surface area contributed by atoms with Gasteiger partial charge in [-0.1, -0.05) is 58.4 Å². The van der Waals surface area contributed by atoms with Gasteiger partial charge in [0.2, 0.25) is 0 Å². The zero-order valence-electron chi connectivity index (χ0n) is 17.1. The van der Waals surface area contributed by atoms with Crippen LogP contribution in [0.3, 0.4) is 0 Å². The average molecular weight is 433 g/mol. The maximum Gasteiger partial charge on any atom is 0.262 e. The first-order valence-corrected chi connectivity index (χ1v) is 11.2. The lowest BCUT2D eigenvalue weighted by atomic mass is 9.87. The molecular weight excluding hydrogens is 408 g/mol. The zero-order valence-corrected chi connectivity index (χ0v) is 18.7. The van der Waals surface area contributed by atoms with Crippen molar-refractivity contribution in [2.75, 3.05) is 4.72 Å². The van der Waals surface area contributed by atoms with Crippen molar-refractivity contribution in [2.45, 2.75) is 50.8 Å². The number of sulfonamides is 1. The Bertz CT molecular complexity index is 1110. The smallest absolute Gasteiger partial charge is 0.262 e. The van der Waals surface area contributed by atoms with E-state index < -0.39 is 10.0 Å². The highest BCUT2D eigenvalue weighted by Crippen LogP contribution is 2.28. The molecule has 3 aromatic rings. The molecule has 0 aliphatic rings. The van der Waals surface area contributed by atoms with E-state index in [2.05, 4.69) is 35.5 Å². The minimum Gasteiger partial charge on any atom is -0.286 e. The van der Waals surface area contributed by atoms with Crippen molar-refractivity contribution in [1.82, 2.24) is 14.5 Å². The molecule has 0 saturated carbocycles. The lowest BCUT2D eigenvalue weighted by Gasteiger charge is -2.19. The predicted molar refractivity (Wildman–Crippen MR) is 116 cm³/mol. The molecule has 0 atom stereocenters. The number of imidazole rings is 1. The van der Waals surface area contributed by atoms with Gasteiger partial charge in [0.05, 0.1) is 15.6 Å². The third-order valence-corrected chi connectivity index (χ3v) is 6.11. The predicted octanol–water partition coefficient (Wildman–Crippen LogP) is 5.14. The molecule has 0 unspecified atom stereocenters. The van der Waals surface area contributed by atoms with E-state index in [1.165, 1.54) is 6.20 Å². The molecule has 29 heavy (non-hydrogen) atoms. The van der Waals surface area contributed by atoms with Gasteiger partial charge in [-0.3, -0.25) is 9.29 Å². The molecule has 0 amide bonds. The minimum absolute atomic E-state index is 0.0611. The summed E-state index contributed by atoms with van der Waals surface area (Å²) in [6.45, 7) is 10.3. The average Bonchev–Trinajstić information content (AvgIpc) is 3.11. The Morgan fingerprint density at radius 1 is 1.10 bits per heavy atom. The fraction of sp³-hybridized carbons (Fsp3) is 0.333. The van der Waals surface area contributed by atoms with E-state index in [9.17, 15) is 8.42 Å². The van der Waals surface area contributed by atoms with E-state index in [-0.39, 0.29) is 21.9 Å². The maximum absolute atomic E-state index is 13.0. The third kappa shape index (κ3) is 4.62. The summed E-state index contributed by atoms with van der Waals surface area (Å²) in [6.07, 6.45) is 4.90. The van der Waals surface area contributed by atoms with Gasteiger partial charge in [0.15, 0.2) is 5.82 Å². The van der Waals surface area contributed by atoms with E-state index in [0.717, 1.165) is 11.4 Å². The Hall–Kier alpha value is -2.38. The normalized spacial score (nSPS) is 12.4. The highest BCUT2D eigenvalue weighted by Gasteiger charge is 2.21. The number of aromatic nitrogens is 3. The quantitative estimate of drug-likeness (QED) is 0.605. The van der Waals surface area contributed by atoms with Gasteiger partial charge in [-0.2, -0.15) is 0 Å². The van der Waals surface area contributed by atoms with Crippen molar-refractivity contribution in [2.24, 2.45) is 0 Å². The molecule has 6 nitrogen and oxygen atoms in total. The van der Waals surface area contributed by atoms with Crippen LogP contribution < -0.4 is 4.72 Å². The first kappa shape index (κ1) is 21.3. The summed E-state index contributed by atoms with van der Waals surface area (Å²) in [7, 11) is -3.82. The van der Waals surface area contributed by atoms with Crippen molar-refractivity contribution < 1.29 is 8.42 Å². The molecule has 0 aliphatic carbocycles. The fourth-order valence-electron chi connectivity index (χ4n) is 2.96. The van der Waals surface area contributed by atoms with Crippen LogP contribution in [0.25, 0.3) is 5.82 Å². The van der Waals surface area contributed by atoms with Crippen LogP contribution in [0.1, 0.15) is 51.9 Å². The van der Waals surface area contributed by atoms with Gasteiger partial charge in [-0.25, -0.2) is 18.4 Å². The fourth-order valence-corrected chi connectivity index (χ4v) is 4.17. The monoisotopic (exact) mass is 432 g/mol. The van der Waals surface area contributed by atoms with E-state index in [1.807, 2.05) is 26.0 Å². The summed E-state index contributed by atoms with van der Waals surface area (Å²) in [6, 6.07) is 8.43. The Morgan fingerprint density at radius 2 is 1.76 bits per heavy atom. The molecule has 1 N–H and O–H groups in total. The molecule has 2 aromatic heterocycles. The number of rotatable bonds is 5. The maximum atomic E-state index is 13.0. The van der Waals surface area contributed by atoms with Gasteiger partial charge in [0.25, 0.3) is 10.0 Å². The van der Waals surface area contributed by atoms with E-state index in [1.54, 1.807) is 35.2 Å². The summed E-state index contributed by atoms with van der Waals surface area (Å²) < 4.78 is 30.4. The number of benzene rings is 1. The number of halogens is 1. The van der Waals surface area contributed by atoms with Gasteiger partial charge >= 0.3 is 0 Å². The zero-order chi connectivity index (χ0) is 21.4. The molecule has 0 saturated heterocycles. The topological polar surface area (TPSA) is 76.9 Å². The van der Waals surface area contributed by atoms with Crippen molar-refractivity contribution in [3.63, 3.8) is 0 Å². The van der Waals surface area contributed by atoms with E-state index >= 15 is 0 Å². The SMILES string of the molecule is CC(C)c1nccn1-c1ncc(Cl)cc1NS(=O)(=O)c1ccc(C(C)(C)C)cc1. The standard InChI is InChI=1S/C21H25ClN4O2S/c1-14(2)19-23-10-11-26(19)20-18(12-16(22)13-24-20)25-29(27,28)17-8-6-15(7-9-17)21(3,4)5/h6-14,25H,1-5H3. The van der Waals surface area contributed by atoms with E-state index in [4.69, 9.17) is 11.6 Å². The largest absolute Gasteiger partial charge is 0.286 e. The Kier molecular flexibility index (Phi) is 5.74. The lowest BCUT2D eigenvalue weighted by Crippen LogP contribution is -2.17. The molecule has 8 heteroatoms. The van der Waals surface area contributed by atoms with Crippen molar-refractivity contribution >= 4 is 27.3 Å².